The van der Waals surface area contributed by atoms with Gasteiger partial charge in [-0.1, -0.05) is 19.3 Å². The van der Waals surface area contributed by atoms with Gasteiger partial charge in [-0.2, -0.15) is 0 Å². The van der Waals surface area contributed by atoms with E-state index in [-0.39, 0.29) is 23.5 Å². The summed E-state index contributed by atoms with van der Waals surface area (Å²) >= 11 is 0. The molecule has 4 heterocycles. The maximum absolute atomic E-state index is 13.5. The molecule has 0 bridgehead atoms. The Morgan fingerprint density at radius 2 is 1.58 bits per heavy atom. The minimum Gasteiger partial charge on any atom is -0.494 e. The number of imidazole rings is 1. The molecule has 4 aromatic rings. The van der Waals surface area contributed by atoms with E-state index in [0.29, 0.717) is 42.2 Å². The fraction of sp³-hybridized carbons (Fsp3) is 0.585. The average molecular weight is 730 g/mol. The second-order valence-corrected chi connectivity index (χ2v) is 16.8. The van der Waals surface area contributed by atoms with E-state index in [1.54, 1.807) is 19.2 Å². The Morgan fingerprint density at radius 1 is 0.887 bits per heavy atom. The van der Waals surface area contributed by atoms with Crippen LogP contribution in [0.4, 0.5) is 4.79 Å². The molecule has 1 amide bonds. The lowest BCUT2D eigenvalue weighted by atomic mass is 10.0. The second-order valence-electron chi connectivity index (χ2n) is 16.8. The number of carbonyl (C=O) groups excluding carboxylic acids is 3. The monoisotopic (exact) mass is 729 g/mol. The van der Waals surface area contributed by atoms with Crippen LogP contribution in [-0.2, 0) is 32.6 Å². The molecule has 6 rings (SSSR count). The van der Waals surface area contributed by atoms with Crippen LogP contribution in [0.5, 0.6) is 5.75 Å². The normalized spacial score (nSPS) is 16.8. The van der Waals surface area contributed by atoms with Crippen molar-refractivity contribution in [3.05, 3.63) is 41.6 Å². The zero-order valence-electron chi connectivity index (χ0n) is 32.8. The maximum atomic E-state index is 13.5. The highest BCUT2D eigenvalue weighted by Crippen LogP contribution is 2.58. The van der Waals surface area contributed by atoms with Gasteiger partial charge in [0.25, 0.3) is 0 Å². The highest BCUT2D eigenvalue weighted by molar-refractivity contribution is 5.97. The van der Waals surface area contributed by atoms with Crippen LogP contribution in [0.25, 0.3) is 33.6 Å². The highest BCUT2D eigenvalue weighted by Gasteiger charge is 2.54. The van der Waals surface area contributed by atoms with Gasteiger partial charge in [-0.15, -0.1) is 0 Å². The third kappa shape index (κ3) is 8.47. The second kappa shape index (κ2) is 14.7. The number of likely N-dealkylation sites (tertiary alicyclic amines) is 1. The lowest BCUT2D eigenvalue weighted by Gasteiger charge is -2.28. The van der Waals surface area contributed by atoms with Gasteiger partial charge in [0.15, 0.2) is 5.82 Å². The summed E-state index contributed by atoms with van der Waals surface area (Å²) < 4.78 is 26.3. The quantitative estimate of drug-likeness (QED) is 0.0801. The molecule has 0 radical (unpaired) electrons. The van der Waals surface area contributed by atoms with Gasteiger partial charge in [0, 0.05) is 31.9 Å². The van der Waals surface area contributed by atoms with Crippen molar-refractivity contribution in [2.24, 2.45) is 12.5 Å². The third-order valence-corrected chi connectivity index (χ3v) is 10.2. The van der Waals surface area contributed by atoms with Gasteiger partial charge in [0.2, 0.25) is 0 Å². The van der Waals surface area contributed by atoms with Crippen molar-refractivity contribution in [1.29, 1.82) is 0 Å². The number of unbranched alkanes of at least 4 members (excludes halogenated alkanes) is 4. The van der Waals surface area contributed by atoms with Gasteiger partial charge >= 0.3 is 18.0 Å². The molecule has 1 unspecified atom stereocenters. The number of hydrogen-bond acceptors (Lipinski definition) is 9. The van der Waals surface area contributed by atoms with Crippen molar-refractivity contribution >= 4 is 40.1 Å². The summed E-state index contributed by atoms with van der Waals surface area (Å²) in [7, 11) is 4.88. The summed E-state index contributed by atoms with van der Waals surface area (Å²) in [5.74, 6) is 0.622. The first kappa shape index (κ1) is 38.1. The molecule has 12 heteroatoms. The number of nitrogens with zero attached hydrogens (tertiary/aromatic N) is 5. The van der Waals surface area contributed by atoms with Crippen LogP contribution in [0.2, 0.25) is 0 Å². The Bertz CT molecular complexity index is 2010. The Hall–Kier alpha value is -4.61. The minimum absolute atomic E-state index is 0.143. The number of benzene rings is 1. The van der Waals surface area contributed by atoms with Crippen molar-refractivity contribution in [3.63, 3.8) is 0 Å². The molecule has 1 spiro atoms. The number of pyridine rings is 1. The Kier molecular flexibility index (Phi) is 10.5. The molecule has 1 aliphatic carbocycles. The smallest absolute Gasteiger partial charge is 0.410 e. The molecule has 286 valence electrons. The lowest BCUT2D eigenvalue weighted by Crippen LogP contribution is -2.37. The topological polar surface area (TPSA) is 127 Å². The molecule has 3 aromatic heterocycles. The molecule has 1 aromatic carbocycles. The average Bonchev–Trinajstić information content (AvgIpc) is 3.41. The SMILES string of the molecule is COC(=O)c1cc(OC)c2c(c1)nc(-c1cc3ccc(C4CC5(CC5)CN4C(=O)OC(C)(C)C)nc3n1CCCCCCCC(=O)OC(C)(C)C)n2C. The molecular weight excluding hydrogens is 674 g/mol. The van der Waals surface area contributed by atoms with Crippen molar-refractivity contribution in [2.75, 3.05) is 20.8 Å². The summed E-state index contributed by atoms with van der Waals surface area (Å²) in [6, 6.07) is 9.49. The summed E-state index contributed by atoms with van der Waals surface area (Å²) in [6.07, 6.45) is 7.81. The Balaban J connectivity index is 1.32. The number of rotatable bonds is 12. The Labute approximate surface area is 312 Å². The molecule has 53 heavy (non-hydrogen) atoms. The largest absolute Gasteiger partial charge is 0.494 e. The fourth-order valence-corrected chi connectivity index (χ4v) is 7.50. The van der Waals surface area contributed by atoms with E-state index in [2.05, 4.69) is 16.7 Å². The van der Waals surface area contributed by atoms with Crippen molar-refractivity contribution in [2.45, 2.75) is 123 Å². The van der Waals surface area contributed by atoms with Gasteiger partial charge < -0.3 is 28.1 Å². The zero-order chi connectivity index (χ0) is 38.3. The predicted molar refractivity (Wildman–Crippen MR) is 203 cm³/mol. The molecule has 1 saturated carbocycles. The van der Waals surface area contributed by atoms with Crippen LogP contribution >= 0.6 is 0 Å². The number of aromatic nitrogens is 4. The molecular formula is C41H55N5O7. The molecule has 1 aliphatic heterocycles. The van der Waals surface area contributed by atoms with Crippen molar-refractivity contribution < 1.29 is 33.3 Å². The number of amides is 1. The van der Waals surface area contributed by atoms with Crippen LogP contribution in [0.15, 0.2) is 30.3 Å². The summed E-state index contributed by atoms with van der Waals surface area (Å²) in [5.41, 5.74) is 3.40. The van der Waals surface area contributed by atoms with Crippen LogP contribution in [-0.4, -0.2) is 74.0 Å². The lowest BCUT2D eigenvalue weighted by molar-refractivity contribution is -0.154. The minimum atomic E-state index is -0.594. The zero-order valence-corrected chi connectivity index (χ0v) is 32.8. The maximum Gasteiger partial charge on any atom is 0.410 e. The van der Waals surface area contributed by atoms with E-state index >= 15 is 0 Å². The van der Waals surface area contributed by atoms with E-state index in [1.165, 1.54) is 7.11 Å². The van der Waals surface area contributed by atoms with E-state index in [1.807, 2.05) is 64.1 Å². The fourth-order valence-electron chi connectivity index (χ4n) is 7.50. The van der Waals surface area contributed by atoms with E-state index in [0.717, 1.165) is 79.3 Å². The van der Waals surface area contributed by atoms with Crippen LogP contribution < -0.4 is 4.74 Å². The van der Waals surface area contributed by atoms with Crippen LogP contribution in [0.1, 0.15) is 121 Å². The summed E-state index contributed by atoms with van der Waals surface area (Å²) in [6.45, 7) is 12.7. The number of carbonyl (C=O) groups is 3. The number of methoxy groups -OCH3 is 2. The molecule has 0 N–H and O–H groups in total. The number of hydrogen-bond donors (Lipinski definition) is 0. The van der Waals surface area contributed by atoms with Gasteiger partial charge in [-0.3, -0.25) is 9.69 Å². The van der Waals surface area contributed by atoms with Crippen molar-refractivity contribution in [3.8, 4) is 17.3 Å². The number of aryl methyl sites for hydroxylation is 2. The number of ether oxygens (including phenoxy) is 4. The van der Waals surface area contributed by atoms with Gasteiger partial charge in [0.05, 0.1) is 42.7 Å². The molecule has 12 nitrogen and oxygen atoms in total. The molecule has 1 saturated heterocycles. The molecule has 1 atom stereocenters. The predicted octanol–water partition coefficient (Wildman–Crippen LogP) is 8.53. The standard InChI is InChI=1S/C41H55N5O7/c1-39(2,3)52-33(47)15-13-11-10-12-14-20-45-30(36-43-29-21-27(37(48)51-9)23-32(50-8)34(29)44(36)7)22-26-16-17-28(42-35(26)45)31-24-41(18-19-41)25-46(31)38(49)53-40(4,5)6/h16-17,21-23,31H,10-15,18-20,24-25H2,1-9H3. The van der Waals surface area contributed by atoms with E-state index in [4.69, 9.17) is 28.9 Å². The van der Waals surface area contributed by atoms with Crippen LogP contribution in [0, 0.1) is 5.41 Å². The van der Waals surface area contributed by atoms with Crippen molar-refractivity contribution in [1.82, 2.24) is 24.0 Å². The van der Waals surface area contributed by atoms with Crippen LogP contribution in [0.3, 0.4) is 0 Å². The van der Waals surface area contributed by atoms with E-state index < -0.39 is 17.2 Å². The number of esters is 2. The highest BCUT2D eigenvalue weighted by atomic mass is 16.6. The summed E-state index contributed by atoms with van der Waals surface area (Å²) in [4.78, 5) is 50.4. The third-order valence-electron chi connectivity index (χ3n) is 10.2. The first-order valence-corrected chi connectivity index (χ1v) is 18.9. The Morgan fingerprint density at radius 3 is 2.25 bits per heavy atom. The first-order valence-electron chi connectivity index (χ1n) is 18.9. The molecule has 2 aliphatic rings. The first-order chi connectivity index (χ1) is 25.0. The molecule has 2 fully saturated rings. The summed E-state index contributed by atoms with van der Waals surface area (Å²) in [5, 5.41) is 0.971. The van der Waals surface area contributed by atoms with Gasteiger partial charge in [-0.05, 0) is 109 Å². The van der Waals surface area contributed by atoms with Gasteiger partial charge in [0.1, 0.15) is 28.1 Å². The van der Waals surface area contributed by atoms with Gasteiger partial charge in [-0.25, -0.2) is 19.6 Å². The van der Waals surface area contributed by atoms with E-state index in [9.17, 15) is 14.4 Å². The number of fused-ring (bicyclic) bond motifs is 2.